The minimum absolute atomic E-state index is 0.0185. The number of aromatic amines is 1. The lowest BCUT2D eigenvalue weighted by atomic mass is 10.1. The Labute approximate surface area is 222 Å². The van der Waals surface area contributed by atoms with E-state index in [1.54, 1.807) is 30.3 Å². The van der Waals surface area contributed by atoms with Crippen LogP contribution in [0.15, 0.2) is 69.5 Å². The largest absolute Gasteiger partial charge is 0.339 e. The van der Waals surface area contributed by atoms with E-state index in [0.29, 0.717) is 27.8 Å². The van der Waals surface area contributed by atoms with Gasteiger partial charge in [-0.15, -0.1) is 0 Å². The van der Waals surface area contributed by atoms with E-state index in [4.69, 9.17) is 0 Å². The molecule has 1 saturated carbocycles. The molecule has 0 aliphatic heterocycles. The van der Waals surface area contributed by atoms with Gasteiger partial charge in [0.2, 0.25) is 5.91 Å². The first-order valence-electron chi connectivity index (χ1n) is 11.4. The smallest absolute Gasteiger partial charge is 0.336 e. The van der Waals surface area contributed by atoms with Gasteiger partial charge >= 0.3 is 5.69 Å². The molecule has 5 rings (SSSR count). The average molecular weight is 613 g/mol. The molecule has 4 aromatic rings. The molecule has 0 unspecified atom stereocenters. The van der Waals surface area contributed by atoms with Crippen LogP contribution in [0.3, 0.4) is 0 Å². The van der Waals surface area contributed by atoms with E-state index in [9.17, 15) is 23.6 Å². The lowest BCUT2D eigenvalue weighted by molar-refractivity contribution is -0.111. The molecule has 0 radical (unpaired) electrons. The number of H-pyrrole nitrogens is 1. The molecule has 0 spiro atoms. The standard InChI is InChI=1S/C26H21FIN5O4/c1-3-20(34)29-15-5-4-6-17(12-15)32-22-13(2)24(35)31-23(30-19-10-7-14(28)11-18(19)27)21(22)25(36)33(26(32)37)16-8-9-16/h3-7,10-12,16H,1,8-9H2,2H3,(H,29,34)(H2,30,31,35). The number of fused-ring (bicyclic) bond motifs is 1. The fourth-order valence-corrected chi connectivity index (χ4v) is 4.66. The van der Waals surface area contributed by atoms with E-state index in [0.717, 1.165) is 6.08 Å². The Morgan fingerprint density at radius 2 is 1.95 bits per heavy atom. The lowest BCUT2D eigenvalue weighted by Gasteiger charge is -2.18. The summed E-state index contributed by atoms with van der Waals surface area (Å²) in [5.41, 5.74) is -0.702. The minimum atomic E-state index is -0.604. The van der Waals surface area contributed by atoms with Crippen LogP contribution in [0, 0.1) is 16.3 Å². The van der Waals surface area contributed by atoms with Gasteiger partial charge in [-0.25, -0.2) is 9.18 Å². The molecule has 37 heavy (non-hydrogen) atoms. The first-order chi connectivity index (χ1) is 17.7. The van der Waals surface area contributed by atoms with Gasteiger partial charge in [-0.3, -0.25) is 23.5 Å². The molecule has 188 valence electrons. The first-order valence-corrected chi connectivity index (χ1v) is 12.5. The van der Waals surface area contributed by atoms with Crippen molar-refractivity contribution in [2.24, 2.45) is 0 Å². The highest BCUT2D eigenvalue weighted by molar-refractivity contribution is 14.1. The summed E-state index contributed by atoms with van der Waals surface area (Å²) in [5.74, 6) is -1.02. The normalized spacial score (nSPS) is 12.9. The van der Waals surface area contributed by atoms with Gasteiger partial charge in [-0.1, -0.05) is 12.6 Å². The number of aryl methyl sites for hydroxylation is 1. The van der Waals surface area contributed by atoms with Crippen LogP contribution < -0.4 is 27.4 Å². The SMILES string of the molecule is C=CC(=O)Nc1cccc(-n2c(=O)n(C3CC3)c(=O)c3c(Nc4ccc(I)cc4F)[nH]c(=O)c(C)c32)c1. The van der Waals surface area contributed by atoms with Gasteiger partial charge < -0.3 is 15.6 Å². The van der Waals surface area contributed by atoms with E-state index < -0.39 is 28.5 Å². The molecule has 2 aromatic heterocycles. The van der Waals surface area contributed by atoms with Crippen LogP contribution in [0.25, 0.3) is 16.6 Å². The Bertz CT molecular complexity index is 1790. The van der Waals surface area contributed by atoms with Gasteiger partial charge in [-0.05, 0) is 84.8 Å². The van der Waals surface area contributed by atoms with Crippen LogP contribution in [0.1, 0.15) is 24.4 Å². The summed E-state index contributed by atoms with van der Waals surface area (Å²) in [6.45, 7) is 4.95. The van der Waals surface area contributed by atoms with Crippen molar-refractivity contribution in [3.8, 4) is 5.69 Å². The molecule has 0 atom stereocenters. The van der Waals surface area contributed by atoms with Crippen LogP contribution in [0.2, 0.25) is 0 Å². The Morgan fingerprint density at radius 1 is 1.19 bits per heavy atom. The van der Waals surface area contributed by atoms with Gasteiger partial charge in [0, 0.05) is 20.9 Å². The molecule has 9 nitrogen and oxygen atoms in total. The van der Waals surface area contributed by atoms with Crippen molar-refractivity contribution in [3.05, 3.63) is 101 Å². The zero-order valence-electron chi connectivity index (χ0n) is 19.6. The van der Waals surface area contributed by atoms with Crippen LogP contribution in [0.5, 0.6) is 0 Å². The molecule has 0 bridgehead atoms. The predicted molar refractivity (Wildman–Crippen MR) is 149 cm³/mol. The maximum atomic E-state index is 14.7. The lowest BCUT2D eigenvalue weighted by Crippen LogP contribution is -2.40. The number of pyridine rings is 1. The van der Waals surface area contributed by atoms with Crippen molar-refractivity contribution < 1.29 is 9.18 Å². The second-order valence-corrected chi connectivity index (χ2v) is 9.94. The van der Waals surface area contributed by atoms with Crippen LogP contribution in [-0.4, -0.2) is 20.0 Å². The molecule has 2 aromatic carbocycles. The molecule has 0 saturated heterocycles. The summed E-state index contributed by atoms with van der Waals surface area (Å²) in [6, 6.07) is 10.7. The third-order valence-corrected chi connectivity index (χ3v) is 6.81. The molecule has 11 heteroatoms. The van der Waals surface area contributed by atoms with E-state index in [1.807, 2.05) is 22.6 Å². The molecular weight excluding hydrogens is 592 g/mol. The molecular formula is C26H21FIN5O4. The highest BCUT2D eigenvalue weighted by atomic mass is 127. The fourth-order valence-electron chi connectivity index (χ4n) is 4.21. The first kappa shape index (κ1) is 24.7. The van der Waals surface area contributed by atoms with Crippen molar-refractivity contribution in [1.29, 1.82) is 0 Å². The Hall–Kier alpha value is -4.00. The van der Waals surface area contributed by atoms with Crippen molar-refractivity contribution in [1.82, 2.24) is 14.1 Å². The van der Waals surface area contributed by atoms with Crippen molar-refractivity contribution in [2.75, 3.05) is 10.6 Å². The molecule has 1 aliphatic carbocycles. The molecule has 1 amide bonds. The van der Waals surface area contributed by atoms with E-state index in [-0.39, 0.29) is 34.0 Å². The number of benzene rings is 2. The summed E-state index contributed by atoms with van der Waals surface area (Å²) in [7, 11) is 0. The summed E-state index contributed by atoms with van der Waals surface area (Å²) in [4.78, 5) is 54.9. The molecule has 1 fully saturated rings. The van der Waals surface area contributed by atoms with Crippen molar-refractivity contribution in [2.45, 2.75) is 25.8 Å². The van der Waals surface area contributed by atoms with Crippen LogP contribution in [-0.2, 0) is 4.79 Å². The van der Waals surface area contributed by atoms with Gasteiger partial charge in [-0.2, -0.15) is 0 Å². The zero-order valence-corrected chi connectivity index (χ0v) is 21.8. The molecule has 3 N–H and O–H groups in total. The topological polar surface area (TPSA) is 118 Å². The van der Waals surface area contributed by atoms with Crippen LogP contribution in [0.4, 0.5) is 21.6 Å². The minimum Gasteiger partial charge on any atom is -0.339 e. The predicted octanol–water partition coefficient (Wildman–Crippen LogP) is 4.10. The number of hydrogen-bond donors (Lipinski definition) is 3. The van der Waals surface area contributed by atoms with Gasteiger partial charge in [0.15, 0.2) is 0 Å². The van der Waals surface area contributed by atoms with Gasteiger partial charge in [0.05, 0.1) is 16.9 Å². The average Bonchev–Trinajstić information content (AvgIpc) is 3.69. The Morgan fingerprint density at radius 3 is 2.62 bits per heavy atom. The number of anilines is 3. The van der Waals surface area contributed by atoms with Crippen molar-refractivity contribution >= 4 is 56.6 Å². The number of halogens is 2. The Kier molecular flexibility index (Phi) is 6.31. The Balaban J connectivity index is 1.84. The second-order valence-electron chi connectivity index (χ2n) is 8.69. The van der Waals surface area contributed by atoms with Gasteiger partial charge in [0.25, 0.3) is 11.1 Å². The second kappa shape index (κ2) is 9.47. The van der Waals surface area contributed by atoms with E-state index in [1.165, 1.54) is 28.2 Å². The zero-order chi connectivity index (χ0) is 26.4. The van der Waals surface area contributed by atoms with E-state index >= 15 is 0 Å². The molecule has 1 aliphatic rings. The highest BCUT2D eigenvalue weighted by Gasteiger charge is 2.31. The maximum Gasteiger partial charge on any atom is 0.336 e. The maximum absolute atomic E-state index is 14.7. The van der Waals surface area contributed by atoms with E-state index in [2.05, 4.69) is 22.2 Å². The number of nitrogens with one attached hydrogen (secondary N) is 3. The quantitative estimate of drug-likeness (QED) is 0.224. The number of carbonyl (C=O) groups is 1. The summed E-state index contributed by atoms with van der Waals surface area (Å²) in [5, 5.41) is 5.54. The highest BCUT2D eigenvalue weighted by Crippen LogP contribution is 2.34. The third-order valence-electron chi connectivity index (χ3n) is 6.13. The third kappa shape index (κ3) is 4.50. The number of hydrogen-bond acceptors (Lipinski definition) is 5. The number of carbonyl (C=O) groups excluding carboxylic acids is 1. The summed E-state index contributed by atoms with van der Waals surface area (Å²) < 4.78 is 17.8. The fraction of sp³-hybridized carbons (Fsp3) is 0.154. The number of aromatic nitrogens is 3. The molecule has 2 heterocycles. The summed E-state index contributed by atoms with van der Waals surface area (Å²) >= 11 is 1.98. The van der Waals surface area contributed by atoms with Crippen LogP contribution >= 0.6 is 22.6 Å². The van der Waals surface area contributed by atoms with Crippen molar-refractivity contribution in [3.63, 3.8) is 0 Å². The number of amides is 1. The summed E-state index contributed by atoms with van der Waals surface area (Å²) in [6.07, 6.45) is 2.44. The number of rotatable bonds is 6. The van der Waals surface area contributed by atoms with Gasteiger partial charge in [0.1, 0.15) is 17.0 Å². The monoisotopic (exact) mass is 613 g/mol. The number of nitrogens with zero attached hydrogens (tertiary/aromatic N) is 2.